The van der Waals surface area contributed by atoms with Crippen molar-refractivity contribution in [1.29, 1.82) is 0 Å². The Kier molecular flexibility index (Phi) is 11.4. The number of carbonyl (C=O) groups is 3. The molecule has 1 saturated heterocycles. The van der Waals surface area contributed by atoms with E-state index in [1.807, 2.05) is 0 Å². The van der Waals surface area contributed by atoms with Crippen molar-refractivity contribution < 1.29 is 43.2 Å². The number of aliphatic hydroxyl groups is 1. The predicted octanol–water partition coefficient (Wildman–Crippen LogP) is 1.67. The number of hydrogen-bond acceptors (Lipinski definition) is 11. The van der Waals surface area contributed by atoms with Gasteiger partial charge in [-0.25, -0.2) is 0 Å². The maximum absolute atomic E-state index is 11.8. The van der Waals surface area contributed by atoms with Crippen molar-refractivity contribution in [2.24, 2.45) is 10.2 Å². The first-order valence-corrected chi connectivity index (χ1v) is 10.1. The van der Waals surface area contributed by atoms with Gasteiger partial charge in [0.2, 0.25) is 0 Å². The smallest absolute Gasteiger partial charge is 0.303 e. The molecule has 0 radical (unpaired) electrons. The third-order valence-electron chi connectivity index (χ3n) is 4.62. The minimum atomic E-state index is -1.46. The second-order valence-corrected chi connectivity index (χ2v) is 7.21. The molecule has 0 aliphatic carbocycles. The highest BCUT2D eigenvalue weighted by molar-refractivity contribution is 5.68. The Hall–Kier alpha value is -3.09. The van der Waals surface area contributed by atoms with Crippen LogP contribution in [0, 0.1) is 0 Å². The van der Waals surface area contributed by atoms with Crippen LogP contribution in [-0.4, -0.2) is 78.5 Å². The van der Waals surface area contributed by atoms with E-state index in [2.05, 4.69) is 20.1 Å². The first-order chi connectivity index (χ1) is 15.5. The number of rotatable bonds is 11. The van der Waals surface area contributed by atoms with Crippen LogP contribution in [0.5, 0.6) is 0 Å². The number of esters is 3. The van der Waals surface area contributed by atoms with Crippen molar-refractivity contribution in [3.8, 4) is 0 Å². The highest BCUT2D eigenvalue weighted by atomic mass is 16.7. The Morgan fingerprint density at radius 3 is 2.12 bits per heavy atom. The molecule has 15 heteroatoms. The molecular weight excluding hydrogens is 444 g/mol. The quantitative estimate of drug-likeness (QED) is 0.152. The highest BCUT2D eigenvalue weighted by Gasteiger charge is 2.51. The first kappa shape index (κ1) is 27.9. The third kappa shape index (κ3) is 8.40. The summed E-state index contributed by atoms with van der Waals surface area (Å²) in [6.07, 6.45) is -7.31. The SMILES string of the molecule is CCC(N=[N+]=[N-])[C@@H](O[C@H]1OC(COC(C)=O)[C@@H](OC(C)=O)[C@H](OC(C)=O)C1N=[N+]=[N-])[C@@H](C)O. The average molecular weight is 472 g/mol. The standard InChI is InChI=1S/C18H28N6O9/c1-6-12(21-23-19)15(8(2)25)33-18-14(22-24-20)17(31-11(5)28)16(30-10(4)27)13(32-18)7-29-9(3)26/h8,12-18,25H,6-7H2,1-5H3/t8-,12?,13?,14?,15+,16-,17-,18-/m1/s1. The number of azide groups is 2. The summed E-state index contributed by atoms with van der Waals surface area (Å²) >= 11 is 0. The third-order valence-corrected chi connectivity index (χ3v) is 4.62. The first-order valence-electron chi connectivity index (χ1n) is 10.1. The average Bonchev–Trinajstić information content (AvgIpc) is 2.72. The lowest BCUT2D eigenvalue weighted by atomic mass is 9.96. The Labute approximate surface area is 189 Å². The van der Waals surface area contributed by atoms with E-state index in [-0.39, 0.29) is 0 Å². The minimum absolute atomic E-state index is 0.291. The van der Waals surface area contributed by atoms with E-state index in [1.54, 1.807) is 6.92 Å². The van der Waals surface area contributed by atoms with Crippen LogP contribution in [0.1, 0.15) is 41.0 Å². The molecule has 0 aromatic rings. The van der Waals surface area contributed by atoms with Gasteiger partial charge in [-0.05, 0) is 24.4 Å². The largest absolute Gasteiger partial charge is 0.463 e. The Morgan fingerprint density at radius 2 is 1.67 bits per heavy atom. The Morgan fingerprint density at radius 1 is 1.06 bits per heavy atom. The fraction of sp³-hybridized carbons (Fsp3) is 0.833. The lowest BCUT2D eigenvalue weighted by molar-refractivity contribution is -0.291. The fourth-order valence-corrected chi connectivity index (χ4v) is 3.31. The fourth-order valence-electron chi connectivity index (χ4n) is 3.31. The van der Waals surface area contributed by atoms with Crippen LogP contribution in [0.4, 0.5) is 0 Å². The molecule has 184 valence electrons. The Bertz CT molecular complexity index is 796. The van der Waals surface area contributed by atoms with Gasteiger partial charge >= 0.3 is 17.9 Å². The van der Waals surface area contributed by atoms with E-state index < -0.39 is 73.4 Å². The molecule has 1 N–H and O–H groups in total. The summed E-state index contributed by atoms with van der Waals surface area (Å²) in [6, 6.07) is -2.20. The van der Waals surface area contributed by atoms with Gasteiger partial charge in [0, 0.05) is 30.6 Å². The molecule has 0 aromatic heterocycles. The van der Waals surface area contributed by atoms with Crippen LogP contribution in [0.3, 0.4) is 0 Å². The summed E-state index contributed by atoms with van der Waals surface area (Å²) in [4.78, 5) is 40.3. The molecule has 1 aliphatic heterocycles. The van der Waals surface area contributed by atoms with Gasteiger partial charge < -0.3 is 28.8 Å². The summed E-state index contributed by atoms with van der Waals surface area (Å²) in [5.74, 6) is -2.20. The van der Waals surface area contributed by atoms with Gasteiger partial charge in [0.15, 0.2) is 18.5 Å². The van der Waals surface area contributed by atoms with Gasteiger partial charge in [0.1, 0.15) is 18.8 Å². The summed E-state index contributed by atoms with van der Waals surface area (Å²) in [6.45, 7) is 6.03. The highest BCUT2D eigenvalue weighted by Crippen LogP contribution is 2.31. The van der Waals surface area contributed by atoms with E-state index in [4.69, 9.17) is 34.7 Å². The molecule has 1 aliphatic rings. The van der Waals surface area contributed by atoms with Crippen LogP contribution in [0.25, 0.3) is 20.9 Å². The van der Waals surface area contributed by atoms with E-state index in [0.717, 1.165) is 20.8 Å². The second-order valence-electron chi connectivity index (χ2n) is 7.21. The normalized spacial score (nSPS) is 27.0. The van der Waals surface area contributed by atoms with E-state index in [1.165, 1.54) is 6.92 Å². The van der Waals surface area contributed by atoms with Crippen LogP contribution >= 0.6 is 0 Å². The van der Waals surface area contributed by atoms with Crippen LogP contribution < -0.4 is 0 Å². The van der Waals surface area contributed by atoms with Gasteiger partial charge in [-0.2, -0.15) is 0 Å². The lowest BCUT2D eigenvalue weighted by Crippen LogP contribution is -2.62. The van der Waals surface area contributed by atoms with Gasteiger partial charge in [-0.15, -0.1) is 0 Å². The van der Waals surface area contributed by atoms with Crippen molar-refractivity contribution in [2.45, 2.75) is 89.9 Å². The molecule has 0 amide bonds. The number of nitrogens with zero attached hydrogens (tertiary/aromatic N) is 6. The molecule has 0 aromatic carbocycles. The molecule has 0 bridgehead atoms. The zero-order valence-corrected chi connectivity index (χ0v) is 18.9. The summed E-state index contributed by atoms with van der Waals surface area (Å²) < 4.78 is 27.2. The van der Waals surface area contributed by atoms with Crippen molar-refractivity contribution in [1.82, 2.24) is 0 Å². The lowest BCUT2D eigenvalue weighted by Gasteiger charge is -2.44. The molecule has 1 rings (SSSR count). The zero-order valence-electron chi connectivity index (χ0n) is 18.9. The predicted molar refractivity (Wildman–Crippen MR) is 109 cm³/mol. The summed E-state index contributed by atoms with van der Waals surface area (Å²) in [5, 5.41) is 17.4. The Balaban J connectivity index is 3.46. The van der Waals surface area contributed by atoms with Crippen LogP contribution in [-0.2, 0) is 38.1 Å². The van der Waals surface area contributed by atoms with E-state index in [0.29, 0.717) is 6.42 Å². The zero-order chi connectivity index (χ0) is 25.1. The monoisotopic (exact) mass is 472 g/mol. The molecule has 33 heavy (non-hydrogen) atoms. The van der Waals surface area contributed by atoms with Gasteiger partial charge in [0.05, 0.1) is 18.2 Å². The number of hydrogen-bond donors (Lipinski definition) is 1. The molecule has 15 nitrogen and oxygen atoms in total. The maximum atomic E-state index is 11.8. The molecule has 1 heterocycles. The molecule has 3 unspecified atom stereocenters. The van der Waals surface area contributed by atoms with Crippen molar-refractivity contribution in [3.05, 3.63) is 20.9 Å². The van der Waals surface area contributed by atoms with Crippen molar-refractivity contribution in [3.63, 3.8) is 0 Å². The maximum Gasteiger partial charge on any atom is 0.303 e. The van der Waals surface area contributed by atoms with Crippen molar-refractivity contribution in [2.75, 3.05) is 6.61 Å². The number of carbonyl (C=O) groups excluding carboxylic acids is 3. The van der Waals surface area contributed by atoms with E-state index >= 15 is 0 Å². The molecule has 8 atom stereocenters. The number of ether oxygens (including phenoxy) is 5. The number of aliphatic hydroxyl groups excluding tert-OH is 1. The molecule has 0 spiro atoms. The van der Waals surface area contributed by atoms with E-state index in [9.17, 15) is 19.5 Å². The molecule has 0 saturated carbocycles. The molecular formula is C18H28N6O9. The minimum Gasteiger partial charge on any atom is -0.463 e. The summed E-state index contributed by atoms with van der Waals surface area (Å²) in [7, 11) is 0. The van der Waals surface area contributed by atoms with Gasteiger partial charge in [-0.3, -0.25) is 14.4 Å². The van der Waals surface area contributed by atoms with Crippen molar-refractivity contribution >= 4 is 17.9 Å². The van der Waals surface area contributed by atoms with Gasteiger partial charge in [-0.1, -0.05) is 17.2 Å². The van der Waals surface area contributed by atoms with Crippen LogP contribution in [0.15, 0.2) is 10.2 Å². The molecule has 1 fully saturated rings. The van der Waals surface area contributed by atoms with Crippen LogP contribution in [0.2, 0.25) is 0 Å². The summed E-state index contributed by atoms with van der Waals surface area (Å²) in [5.41, 5.74) is 17.9. The second kappa shape index (κ2) is 13.5. The topological polar surface area (TPSA) is 215 Å². The van der Waals surface area contributed by atoms with Gasteiger partial charge in [0.25, 0.3) is 0 Å².